The zero-order valence-electron chi connectivity index (χ0n) is 19.9. The first-order valence-electron chi connectivity index (χ1n) is 11.7. The number of carboxylic acid groups (broad SMARTS) is 2. The van der Waals surface area contributed by atoms with E-state index < -0.39 is 11.9 Å². The first-order chi connectivity index (χ1) is 16.2. The number of carbonyl (C=O) groups excluding carboxylic acids is 2. The van der Waals surface area contributed by atoms with E-state index in [0.29, 0.717) is 32.8 Å². The Labute approximate surface area is 200 Å². The number of hydrogen-bond acceptors (Lipinski definition) is 6. The summed E-state index contributed by atoms with van der Waals surface area (Å²) in [5, 5.41) is 14.8. The summed E-state index contributed by atoms with van der Waals surface area (Å²) in [6.07, 6.45) is 2.64. The van der Waals surface area contributed by atoms with Gasteiger partial charge in [0.1, 0.15) is 0 Å². The van der Waals surface area contributed by atoms with Crippen LogP contribution in [0.5, 0.6) is 0 Å². The van der Waals surface area contributed by atoms with Crippen LogP contribution >= 0.6 is 0 Å². The number of aryl methyl sites for hydroxylation is 1. The van der Waals surface area contributed by atoms with E-state index >= 15 is 0 Å². The van der Waals surface area contributed by atoms with Crippen LogP contribution in [-0.4, -0.2) is 94.7 Å². The van der Waals surface area contributed by atoms with Crippen LogP contribution in [0.15, 0.2) is 24.3 Å². The fourth-order valence-electron chi connectivity index (χ4n) is 4.06. The highest BCUT2D eigenvalue weighted by Crippen LogP contribution is 2.22. The van der Waals surface area contributed by atoms with Gasteiger partial charge in [0.25, 0.3) is 0 Å². The van der Waals surface area contributed by atoms with Crippen molar-refractivity contribution in [2.75, 3.05) is 45.9 Å². The van der Waals surface area contributed by atoms with E-state index in [1.165, 1.54) is 11.1 Å². The minimum absolute atomic E-state index is 0.118. The molecule has 2 saturated heterocycles. The third-order valence-electron chi connectivity index (χ3n) is 6.07. The van der Waals surface area contributed by atoms with Gasteiger partial charge in [0, 0.05) is 38.6 Å². The molecule has 1 aromatic carbocycles. The van der Waals surface area contributed by atoms with Crippen molar-refractivity contribution >= 4 is 23.9 Å². The summed E-state index contributed by atoms with van der Waals surface area (Å²) in [5.74, 6) is -3.27. The molecule has 2 heterocycles. The molecule has 2 fully saturated rings. The lowest BCUT2D eigenvalue weighted by Gasteiger charge is -2.38. The fourth-order valence-corrected chi connectivity index (χ4v) is 4.06. The van der Waals surface area contributed by atoms with Gasteiger partial charge < -0.3 is 24.7 Å². The Kier molecular flexibility index (Phi) is 10.8. The van der Waals surface area contributed by atoms with Gasteiger partial charge in [0.05, 0.1) is 6.61 Å². The number of likely N-dealkylation sites (tertiary alicyclic amines) is 1. The van der Waals surface area contributed by atoms with Gasteiger partial charge in [-0.3, -0.25) is 9.69 Å². The number of aliphatic carboxylic acids is 2. The summed E-state index contributed by atoms with van der Waals surface area (Å²) >= 11 is 0. The van der Waals surface area contributed by atoms with Crippen molar-refractivity contribution in [2.24, 2.45) is 5.92 Å². The Morgan fingerprint density at radius 1 is 0.824 bits per heavy atom. The van der Waals surface area contributed by atoms with Gasteiger partial charge in [-0.15, -0.1) is 0 Å². The molecule has 3 rings (SSSR count). The van der Waals surface area contributed by atoms with Crippen LogP contribution in [0, 0.1) is 5.92 Å². The maximum absolute atomic E-state index is 12.9. The van der Waals surface area contributed by atoms with Crippen molar-refractivity contribution in [2.45, 2.75) is 39.7 Å². The second-order valence-corrected chi connectivity index (χ2v) is 8.34. The molecule has 10 nitrogen and oxygen atoms in total. The first kappa shape index (κ1) is 27.1. The smallest absolute Gasteiger partial charge is 0.414 e. The summed E-state index contributed by atoms with van der Waals surface area (Å²) in [6, 6.07) is 8.86. The molecular formula is C24H35N3O7. The third-order valence-corrected chi connectivity index (χ3v) is 6.07. The number of rotatable bonds is 5. The highest BCUT2D eigenvalue weighted by atomic mass is 16.6. The van der Waals surface area contributed by atoms with Crippen LogP contribution in [0.3, 0.4) is 0 Å². The maximum Gasteiger partial charge on any atom is 0.414 e. The number of amides is 2. The quantitative estimate of drug-likeness (QED) is 0.616. The molecule has 1 aromatic rings. The molecule has 2 N–H and O–H groups in total. The SMILES string of the molecule is CCOC(=O)N1CCN(C(=O)C2CCN(Cc3ccc(CC)cc3)CC2)CC1.O=C(O)C(=O)O. The highest BCUT2D eigenvalue weighted by molar-refractivity contribution is 6.27. The fraction of sp³-hybridized carbons (Fsp3) is 0.583. The molecule has 0 radical (unpaired) electrons. The van der Waals surface area contributed by atoms with Crippen molar-refractivity contribution in [3.8, 4) is 0 Å². The van der Waals surface area contributed by atoms with Crippen LogP contribution < -0.4 is 0 Å². The van der Waals surface area contributed by atoms with Gasteiger partial charge in [-0.05, 0) is 50.4 Å². The van der Waals surface area contributed by atoms with E-state index in [2.05, 4.69) is 36.1 Å². The van der Waals surface area contributed by atoms with Crippen LogP contribution in [-0.2, 0) is 32.1 Å². The van der Waals surface area contributed by atoms with Crippen molar-refractivity contribution in [3.05, 3.63) is 35.4 Å². The van der Waals surface area contributed by atoms with Gasteiger partial charge in [-0.2, -0.15) is 0 Å². The topological polar surface area (TPSA) is 128 Å². The molecule has 0 bridgehead atoms. The van der Waals surface area contributed by atoms with Crippen molar-refractivity contribution in [1.82, 2.24) is 14.7 Å². The molecule has 0 saturated carbocycles. The molecule has 2 amide bonds. The lowest BCUT2D eigenvalue weighted by atomic mass is 9.94. The molecular weight excluding hydrogens is 442 g/mol. The zero-order chi connectivity index (χ0) is 25.1. The number of hydrogen-bond donors (Lipinski definition) is 2. The summed E-state index contributed by atoms with van der Waals surface area (Å²) in [6.45, 7) is 9.63. The molecule has 2 aliphatic heterocycles. The average Bonchev–Trinajstić information content (AvgIpc) is 2.85. The Balaban J connectivity index is 0.000000604. The Morgan fingerprint density at radius 3 is 1.79 bits per heavy atom. The van der Waals surface area contributed by atoms with Gasteiger partial charge in [-0.1, -0.05) is 31.2 Å². The van der Waals surface area contributed by atoms with Crippen molar-refractivity contribution < 1.29 is 34.1 Å². The van der Waals surface area contributed by atoms with Gasteiger partial charge >= 0.3 is 18.0 Å². The molecule has 0 atom stereocenters. The minimum Gasteiger partial charge on any atom is -0.473 e. The second-order valence-electron chi connectivity index (χ2n) is 8.34. The van der Waals surface area contributed by atoms with Gasteiger partial charge in [0.2, 0.25) is 5.91 Å². The molecule has 34 heavy (non-hydrogen) atoms. The summed E-state index contributed by atoms with van der Waals surface area (Å²) in [5.41, 5.74) is 2.72. The molecule has 0 aliphatic carbocycles. The molecule has 188 valence electrons. The third kappa shape index (κ3) is 8.33. The maximum atomic E-state index is 12.9. The van der Waals surface area contributed by atoms with Crippen molar-refractivity contribution in [3.63, 3.8) is 0 Å². The number of carbonyl (C=O) groups is 4. The predicted octanol–water partition coefficient (Wildman–Crippen LogP) is 1.92. The lowest BCUT2D eigenvalue weighted by molar-refractivity contribution is -0.159. The number of piperidine rings is 1. The molecule has 0 spiro atoms. The van der Waals surface area contributed by atoms with E-state index in [0.717, 1.165) is 38.9 Å². The van der Waals surface area contributed by atoms with Crippen molar-refractivity contribution in [1.29, 1.82) is 0 Å². The van der Waals surface area contributed by atoms with E-state index in [1.54, 1.807) is 4.90 Å². The second kappa shape index (κ2) is 13.5. The summed E-state index contributed by atoms with van der Waals surface area (Å²) in [7, 11) is 0. The van der Waals surface area contributed by atoms with Gasteiger partial charge in [0.15, 0.2) is 0 Å². The zero-order valence-corrected chi connectivity index (χ0v) is 19.9. The largest absolute Gasteiger partial charge is 0.473 e. The van der Waals surface area contributed by atoms with E-state index in [9.17, 15) is 9.59 Å². The highest BCUT2D eigenvalue weighted by Gasteiger charge is 2.31. The first-order valence-corrected chi connectivity index (χ1v) is 11.7. The van der Waals surface area contributed by atoms with E-state index in [1.807, 2.05) is 11.8 Å². The van der Waals surface area contributed by atoms with Crippen LogP contribution in [0.1, 0.15) is 37.8 Å². The summed E-state index contributed by atoms with van der Waals surface area (Å²) in [4.78, 5) is 48.9. The Morgan fingerprint density at radius 2 is 1.32 bits per heavy atom. The standard InChI is InChI=1S/C22H33N3O3.C2H2O4/c1-3-18-5-7-19(8-6-18)17-23-11-9-20(10-12-23)21(26)24-13-15-25(16-14-24)22(27)28-4-2;3-1(4)2(5)6/h5-8,20H,3-4,9-17H2,1-2H3;(H,3,4)(H,5,6). The molecule has 0 aromatic heterocycles. The number of ether oxygens (including phenoxy) is 1. The van der Waals surface area contributed by atoms with Crippen LogP contribution in [0.25, 0.3) is 0 Å². The summed E-state index contributed by atoms with van der Waals surface area (Å²) < 4.78 is 5.04. The number of piperazine rings is 1. The van der Waals surface area contributed by atoms with E-state index in [4.69, 9.17) is 24.5 Å². The molecule has 2 aliphatic rings. The molecule has 0 unspecified atom stereocenters. The Hall–Kier alpha value is -3.14. The predicted molar refractivity (Wildman–Crippen MR) is 124 cm³/mol. The number of carboxylic acids is 2. The number of benzene rings is 1. The normalized spacial score (nSPS) is 16.9. The van der Waals surface area contributed by atoms with Crippen LogP contribution in [0.2, 0.25) is 0 Å². The van der Waals surface area contributed by atoms with E-state index in [-0.39, 0.29) is 17.9 Å². The minimum atomic E-state index is -1.82. The Bertz CT molecular complexity index is 815. The lowest BCUT2D eigenvalue weighted by Crippen LogP contribution is -2.53. The van der Waals surface area contributed by atoms with Crippen LogP contribution in [0.4, 0.5) is 4.79 Å². The van der Waals surface area contributed by atoms with Gasteiger partial charge in [-0.25, -0.2) is 14.4 Å². The average molecular weight is 478 g/mol. The monoisotopic (exact) mass is 477 g/mol. The molecule has 10 heteroatoms. The number of nitrogens with zero attached hydrogens (tertiary/aromatic N) is 3.